The van der Waals surface area contributed by atoms with Gasteiger partial charge in [0.2, 0.25) is 0 Å². The van der Waals surface area contributed by atoms with Crippen LogP contribution in [0.1, 0.15) is 23.4 Å². The minimum absolute atomic E-state index is 0.000506. The molecule has 0 aliphatic heterocycles. The van der Waals surface area contributed by atoms with Crippen LogP contribution in [0.15, 0.2) is 62.0 Å². The third-order valence-corrected chi connectivity index (χ3v) is 5.69. The molecular formula is C20H20N4O6S. The van der Waals surface area contributed by atoms with E-state index in [1.807, 2.05) is 0 Å². The van der Waals surface area contributed by atoms with Gasteiger partial charge < -0.3 is 14.6 Å². The van der Waals surface area contributed by atoms with E-state index >= 15 is 0 Å². The van der Waals surface area contributed by atoms with Crippen molar-refractivity contribution < 1.29 is 27.8 Å². The lowest BCUT2D eigenvalue weighted by atomic mass is 10.1. The quantitative estimate of drug-likeness (QED) is 0.439. The lowest BCUT2D eigenvalue weighted by Gasteiger charge is -2.05. The Hall–Kier alpha value is -3.73. The van der Waals surface area contributed by atoms with Gasteiger partial charge in [0.05, 0.1) is 22.0 Å². The summed E-state index contributed by atoms with van der Waals surface area (Å²) in [6, 6.07) is 10.1. The number of carboxylic acids is 1. The van der Waals surface area contributed by atoms with Gasteiger partial charge in [-0.05, 0) is 68.3 Å². The van der Waals surface area contributed by atoms with Gasteiger partial charge in [-0.3, -0.25) is 4.79 Å². The van der Waals surface area contributed by atoms with Crippen LogP contribution in [0.4, 0.5) is 17.4 Å². The van der Waals surface area contributed by atoms with Gasteiger partial charge in [-0.1, -0.05) is 0 Å². The minimum atomic E-state index is -3.88. The number of aromatic nitrogens is 1. The number of carboxylic acid groups (broad SMARTS) is 1. The Labute approximate surface area is 178 Å². The average Bonchev–Trinajstić information content (AvgIpc) is 3.02. The number of sulfonamides is 1. The molecule has 2 aromatic carbocycles. The molecule has 0 aliphatic carbocycles. The van der Waals surface area contributed by atoms with Crippen LogP contribution < -0.4 is 4.72 Å². The molecule has 0 amide bonds. The molecule has 11 heteroatoms. The zero-order valence-corrected chi connectivity index (χ0v) is 17.5. The summed E-state index contributed by atoms with van der Waals surface area (Å²) >= 11 is 0. The van der Waals surface area contributed by atoms with Crippen molar-refractivity contribution >= 4 is 33.4 Å². The Morgan fingerprint density at radius 2 is 1.74 bits per heavy atom. The first kappa shape index (κ1) is 22.0. The molecule has 1 aromatic heterocycles. The van der Waals surface area contributed by atoms with Crippen LogP contribution in [-0.4, -0.2) is 29.6 Å². The molecular weight excluding hydrogens is 424 g/mol. The van der Waals surface area contributed by atoms with Gasteiger partial charge in [-0.2, -0.15) is 15.2 Å². The van der Waals surface area contributed by atoms with Crippen molar-refractivity contribution in [2.24, 2.45) is 10.2 Å². The highest BCUT2D eigenvalue weighted by molar-refractivity contribution is 7.92. The number of hydrogen-bond acceptors (Lipinski definition) is 8. The molecule has 3 N–H and O–H groups in total. The second kappa shape index (κ2) is 8.96. The summed E-state index contributed by atoms with van der Waals surface area (Å²) in [5.74, 6) is -0.462. The second-order valence-electron chi connectivity index (χ2n) is 6.67. The van der Waals surface area contributed by atoms with E-state index < -0.39 is 16.0 Å². The van der Waals surface area contributed by atoms with Crippen molar-refractivity contribution in [3.63, 3.8) is 0 Å². The molecule has 0 radical (unpaired) electrons. The summed E-state index contributed by atoms with van der Waals surface area (Å²) in [5.41, 5.74) is 1.87. The Bertz CT molecular complexity index is 1210. The molecule has 3 rings (SSSR count). The number of nitrogens with zero attached hydrogens (tertiary/aromatic N) is 3. The van der Waals surface area contributed by atoms with E-state index in [1.54, 1.807) is 19.9 Å². The van der Waals surface area contributed by atoms with E-state index in [0.29, 0.717) is 28.4 Å². The summed E-state index contributed by atoms with van der Waals surface area (Å²) in [4.78, 5) is 14.7. The SMILES string of the molecule is Cc1nc(NS(=O)(=O)c2ccc(/N=N/c3ccc(O)c(CCC(=O)O)c3)cc2)oc1C. The third-order valence-electron chi connectivity index (χ3n) is 4.35. The van der Waals surface area contributed by atoms with Gasteiger partial charge in [0.15, 0.2) is 0 Å². The molecule has 0 bridgehead atoms. The van der Waals surface area contributed by atoms with E-state index in [-0.39, 0.29) is 29.5 Å². The lowest BCUT2D eigenvalue weighted by Crippen LogP contribution is -2.12. The number of nitrogens with one attached hydrogen (secondary N) is 1. The highest BCUT2D eigenvalue weighted by atomic mass is 32.2. The predicted molar refractivity (Wildman–Crippen MR) is 111 cm³/mol. The lowest BCUT2D eigenvalue weighted by molar-refractivity contribution is -0.136. The smallest absolute Gasteiger partial charge is 0.309 e. The number of aliphatic carboxylic acids is 1. The number of benzene rings is 2. The molecule has 162 valence electrons. The monoisotopic (exact) mass is 444 g/mol. The molecule has 0 fully saturated rings. The maximum absolute atomic E-state index is 12.5. The highest BCUT2D eigenvalue weighted by Gasteiger charge is 2.18. The fraction of sp³-hybridized carbons (Fsp3) is 0.200. The molecule has 0 aliphatic rings. The van der Waals surface area contributed by atoms with E-state index in [9.17, 15) is 18.3 Å². The molecule has 0 spiro atoms. The highest BCUT2D eigenvalue weighted by Crippen LogP contribution is 2.27. The molecule has 31 heavy (non-hydrogen) atoms. The number of phenols is 1. The van der Waals surface area contributed by atoms with Crippen molar-refractivity contribution in [1.82, 2.24) is 4.98 Å². The van der Waals surface area contributed by atoms with Crippen molar-refractivity contribution in [2.45, 2.75) is 31.6 Å². The molecule has 1 heterocycles. The van der Waals surface area contributed by atoms with Crippen LogP contribution in [0.25, 0.3) is 0 Å². The Balaban J connectivity index is 1.72. The summed E-state index contributed by atoms with van der Waals surface area (Å²) in [7, 11) is -3.88. The molecule has 0 saturated carbocycles. The number of azo groups is 1. The zero-order valence-electron chi connectivity index (χ0n) is 16.7. The van der Waals surface area contributed by atoms with E-state index in [4.69, 9.17) is 9.52 Å². The van der Waals surface area contributed by atoms with Crippen molar-refractivity contribution in [3.05, 3.63) is 59.5 Å². The fourth-order valence-corrected chi connectivity index (χ4v) is 3.50. The number of oxazole rings is 1. The molecule has 0 atom stereocenters. The van der Waals surface area contributed by atoms with Crippen molar-refractivity contribution in [3.8, 4) is 5.75 Å². The number of phenolic OH excluding ortho intramolecular Hbond substituents is 1. The summed E-state index contributed by atoms with van der Waals surface area (Å²) in [5, 5.41) is 26.7. The van der Waals surface area contributed by atoms with Gasteiger partial charge in [-0.25, -0.2) is 13.1 Å². The van der Waals surface area contributed by atoms with Gasteiger partial charge in [0, 0.05) is 6.42 Å². The maximum Gasteiger partial charge on any atom is 0.309 e. The average molecular weight is 444 g/mol. The van der Waals surface area contributed by atoms with Crippen molar-refractivity contribution in [1.29, 1.82) is 0 Å². The van der Waals surface area contributed by atoms with Gasteiger partial charge in [0.1, 0.15) is 11.5 Å². The van der Waals surface area contributed by atoms with Crippen LogP contribution in [0.2, 0.25) is 0 Å². The standard InChI is InChI=1S/C20H20N4O6S/c1-12-13(2)30-20(21-12)24-31(28,29)17-7-4-15(5-8-17)22-23-16-6-9-18(25)14(11-16)3-10-19(26)27/h4-9,11,25H,3,10H2,1-2H3,(H,21,24)(H,26,27)/b23-22+. The molecule has 10 nitrogen and oxygen atoms in total. The van der Waals surface area contributed by atoms with Crippen LogP contribution in [0, 0.1) is 13.8 Å². The minimum Gasteiger partial charge on any atom is -0.508 e. The van der Waals surface area contributed by atoms with Crippen molar-refractivity contribution in [2.75, 3.05) is 4.72 Å². The number of anilines is 1. The van der Waals surface area contributed by atoms with Crippen LogP contribution >= 0.6 is 0 Å². The third kappa shape index (κ3) is 5.66. The van der Waals surface area contributed by atoms with Gasteiger partial charge in [-0.15, -0.1) is 0 Å². The first-order valence-corrected chi connectivity index (χ1v) is 10.6. The Morgan fingerprint density at radius 3 is 2.35 bits per heavy atom. The van der Waals surface area contributed by atoms with Gasteiger partial charge in [0.25, 0.3) is 10.0 Å². The topological polar surface area (TPSA) is 154 Å². The Morgan fingerprint density at radius 1 is 1.10 bits per heavy atom. The number of hydrogen-bond donors (Lipinski definition) is 3. The fourth-order valence-electron chi connectivity index (χ4n) is 2.57. The summed E-state index contributed by atoms with van der Waals surface area (Å²) < 4.78 is 32.4. The number of aromatic hydroxyl groups is 1. The first-order valence-electron chi connectivity index (χ1n) is 9.16. The van der Waals surface area contributed by atoms with Crippen LogP contribution in [-0.2, 0) is 21.2 Å². The van der Waals surface area contributed by atoms with Crippen LogP contribution in [0.3, 0.4) is 0 Å². The summed E-state index contributed by atoms with van der Waals surface area (Å²) in [6.45, 7) is 3.39. The predicted octanol–water partition coefficient (Wildman–Crippen LogP) is 4.23. The number of aryl methyl sites for hydroxylation is 3. The van der Waals surface area contributed by atoms with Crippen LogP contribution in [0.5, 0.6) is 5.75 Å². The second-order valence-corrected chi connectivity index (χ2v) is 8.35. The van der Waals surface area contributed by atoms with E-state index in [2.05, 4.69) is 19.9 Å². The molecule has 3 aromatic rings. The molecule has 0 unspecified atom stereocenters. The first-order chi connectivity index (χ1) is 14.6. The Kier molecular flexibility index (Phi) is 6.35. The van der Waals surface area contributed by atoms with E-state index in [0.717, 1.165) is 0 Å². The van der Waals surface area contributed by atoms with Gasteiger partial charge >= 0.3 is 12.0 Å². The largest absolute Gasteiger partial charge is 0.508 e. The number of rotatable bonds is 8. The zero-order chi connectivity index (χ0) is 22.6. The normalized spacial score (nSPS) is 11.7. The number of carbonyl (C=O) groups is 1. The molecule has 0 saturated heterocycles. The maximum atomic E-state index is 12.5. The van der Waals surface area contributed by atoms with E-state index in [1.165, 1.54) is 36.4 Å². The summed E-state index contributed by atoms with van der Waals surface area (Å²) in [6.07, 6.45) is 0.0401.